The summed E-state index contributed by atoms with van der Waals surface area (Å²) in [6.07, 6.45) is 1.40. The first-order chi connectivity index (χ1) is 7.29. The van der Waals surface area contributed by atoms with Gasteiger partial charge in [0.25, 0.3) is 0 Å². The Labute approximate surface area is 90.2 Å². The zero-order chi connectivity index (χ0) is 10.5. The molecule has 1 saturated carbocycles. The maximum absolute atomic E-state index is 5.92. The molecule has 0 aromatic heterocycles. The molecule has 1 aromatic carbocycles. The highest BCUT2D eigenvalue weighted by atomic mass is 16.6. The Hall–Kier alpha value is -0.860. The predicted octanol–water partition coefficient (Wildman–Crippen LogP) is 2.26. The lowest BCUT2D eigenvalue weighted by Crippen LogP contribution is -2.17. The van der Waals surface area contributed by atoms with Crippen LogP contribution in [-0.4, -0.2) is 19.8 Å². The highest BCUT2D eigenvalue weighted by molar-refractivity contribution is 5.37. The van der Waals surface area contributed by atoms with Gasteiger partial charge in [0.2, 0.25) is 0 Å². The number of hydrogen-bond acceptors (Lipinski definition) is 2. The van der Waals surface area contributed by atoms with Gasteiger partial charge in [0.1, 0.15) is 5.60 Å². The van der Waals surface area contributed by atoms with Crippen molar-refractivity contribution in [2.45, 2.75) is 25.0 Å². The van der Waals surface area contributed by atoms with E-state index in [0.29, 0.717) is 5.92 Å². The lowest BCUT2D eigenvalue weighted by Gasteiger charge is -2.15. The van der Waals surface area contributed by atoms with Crippen LogP contribution in [0.2, 0.25) is 0 Å². The Morgan fingerprint density at radius 2 is 2.07 bits per heavy atom. The third kappa shape index (κ3) is 1.12. The molecular formula is C13H16O2. The molecule has 2 fully saturated rings. The van der Waals surface area contributed by atoms with E-state index in [-0.39, 0.29) is 11.7 Å². The van der Waals surface area contributed by atoms with Gasteiger partial charge in [0, 0.05) is 19.6 Å². The number of aryl methyl sites for hydroxylation is 1. The van der Waals surface area contributed by atoms with Crippen molar-refractivity contribution in [1.82, 2.24) is 0 Å². The summed E-state index contributed by atoms with van der Waals surface area (Å²) in [7, 11) is 1.78. The maximum atomic E-state index is 5.92. The molecule has 0 bridgehead atoms. The number of benzene rings is 1. The molecule has 2 aliphatic rings. The fourth-order valence-electron chi connectivity index (χ4n) is 2.92. The second kappa shape index (κ2) is 3.06. The Morgan fingerprint density at radius 1 is 1.33 bits per heavy atom. The minimum absolute atomic E-state index is 0.109. The van der Waals surface area contributed by atoms with E-state index < -0.39 is 0 Å². The minimum Gasteiger partial charge on any atom is -0.378 e. The van der Waals surface area contributed by atoms with Crippen LogP contribution < -0.4 is 0 Å². The molecule has 1 aliphatic carbocycles. The topological polar surface area (TPSA) is 18.5 Å². The van der Waals surface area contributed by atoms with E-state index in [1.165, 1.54) is 11.1 Å². The summed E-state index contributed by atoms with van der Waals surface area (Å²) in [5, 5.41) is 0. The third-order valence-corrected chi connectivity index (χ3v) is 3.76. The average Bonchev–Trinajstić information content (AvgIpc) is 2.66. The van der Waals surface area contributed by atoms with Crippen LogP contribution in [-0.2, 0) is 15.1 Å². The van der Waals surface area contributed by atoms with Crippen LogP contribution in [0.1, 0.15) is 17.5 Å². The molecule has 0 amide bonds. The molecular weight excluding hydrogens is 188 g/mol. The van der Waals surface area contributed by atoms with Gasteiger partial charge in [-0.3, -0.25) is 0 Å². The summed E-state index contributed by atoms with van der Waals surface area (Å²) in [4.78, 5) is 0. The SMILES string of the molecule is CO[C@H]1[C@H]2CCO[C@]21c1ccc(C)cc1. The van der Waals surface area contributed by atoms with Gasteiger partial charge in [-0.15, -0.1) is 0 Å². The number of hydrogen-bond donors (Lipinski definition) is 0. The van der Waals surface area contributed by atoms with Crippen molar-refractivity contribution in [3.05, 3.63) is 35.4 Å². The Kier molecular flexibility index (Phi) is 1.91. The zero-order valence-electron chi connectivity index (χ0n) is 9.19. The minimum atomic E-state index is -0.109. The maximum Gasteiger partial charge on any atom is 0.125 e. The molecule has 2 heteroatoms. The van der Waals surface area contributed by atoms with E-state index in [2.05, 4.69) is 31.2 Å². The molecule has 0 unspecified atom stereocenters. The molecule has 3 atom stereocenters. The van der Waals surface area contributed by atoms with Gasteiger partial charge in [-0.1, -0.05) is 29.8 Å². The molecule has 1 saturated heterocycles. The standard InChI is InChI=1S/C13H16O2/c1-9-3-5-10(6-4-9)13-11(7-8-15-13)12(13)14-2/h3-6,11-12H,7-8H2,1-2H3/t11-,12+,13-/m1/s1. The molecule has 2 nitrogen and oxygen atoms in total. The van der Waals surface area contributed by atoms with E-state index in [9.17, 15) is 0 Å². The van der Waals surface area contributed by atoms with Gasteiger partial charge >= 0.3 is 0 Å². The summed E-state index contributed by atoms with van der Waals surface area (Å²) in [5.74, 6) is 0.574. The molecule has 0 radical (unpaired) electrons. The van der Waals surface area contributed by atoms with Gasteiger partial charge in [0.05, 0.1) is 6.10 Å². The quantitative estimate of drug-likeness (QED) is 0.735. The Bertz CT molecular complexity index is 365. The fraction of sp³-hybridized carbons (Fsp3) is 0.538. The van der Waals surface area contributed by atoms with Crippen LogP contribution in [0, 0.1) is 12.8 Å². The van der Waals surface area contributed by atoms with Crippen LogP contribution in [0.15, 0.2) is 24.3 Å². The van der Waals surface area contributed by atoms with Crippen molar-refractivity contribution >= 4 is 0 Å². The van der Waals surface area contributed by atoms with Crippen molar-refractivity contribution in [1.29, 1.82) is 0 Å². The summed E-state index contributed by atoms with van der Waals surface area (Å²) < 4.78 is 11.4. The second-order valence-corrected chi connectivity index (χ2v) is 4.56. The summed E-state index contributed by atoms with van der Waals surface area (Å²) in [6.45, 7) is 2.98. The summed E-state index contributed by atoms with van der Waals surface area (Å²) >= 11 is 0. The third-order valence-electron chi connectivity index (χ3n) is 3.76. The summed E-state index contributed by atoms with van der Waals surface area (Å²) in [5.41, 5.74) is 2.46. The van der Waals surface area contributed by atoms with Crippen LogP contribution in [0.3, 0.4) is 0 Å². The van der Waals surface area contributed by atoms with Gasteiger partial charge < -0.3 is 9.47 Å². The van der Waals surface area contributed by atoms with Gasteiger partial charge in [-0.25, -0.2) is 0 Å². The lowest BCUT2D eigenvalue weighted by molar-refractivity contribution is -0.000399. The monoisotopic (exact) mass is 204 g/mol. The Morgan fingerprint density at radius 3 is 2.67 bits per heavy atom. The number of fused-ring (bicyclic) bond motifs is 1. The first-order valence-electron chi connectivity index (χ1n) is 5.53. The van der Waals surface area contributed by atoms with Gasteiger partial charge in [-0.05, 0) is 18.9 Å². The highest BCUT2D eigenvalue weighted by Crippen LogP contribution is 2.62. The van der Waals surface area contributed by atoms with Crippen molar-refractivity contribution in [2.24, 2.45) is 5.92 Å². The van der Waals surface area contributed by atoms with E-state index in [0.717, 1.165) is 13.0 Å². The van der Waals surface area contributed by atoms with E-state index in [1.807, 2.05) is 0 Å². The first-order valence-corrected chi connectivity index (χ1v) is 5.53. The van der Waals surface area contributed by atoms with Crippen molar-refractivity contribution in [3.63, 3.8) is 0 Å². The highest BCUT2D eigenvalue weighted by Gasteiger charge is 2.70. The van der Waals surface area contributed by atoms with Crippen LogP contribution in [0.5, 0.6) is 0 Å². The van der Waals surface area contributed by atoms with Gasteiger partial charge in [0.15, 0.2) is 0 Å². The molecule has 1 heterocycles. The van der Waals surface area contributed by atoms with E-state index >= 15 is 0 Å². The first kappa shape index (κ1) is 9.37. The summed E-state index contributed by atoms with van der Waals surface area (Å²) in [6, 6.07) is 8.64. The molecule has 3 rings (SSSR count). The second-order valence-electron chi connectivity index (χ2n) is 4.56. The van der Waals surface area contributed by atoms with E-state index in [4.69, 9.17) is 9.47 Å². The lowest BCUT2D eigenvalue weighted by atomic mass is 10.0. The Balaban J connectivity index is 1.96. The molecule has 1 aliphatic heterocycles. The number of rotatable bonds is 2. The fourth-order valence-corrected chi connectivity index (χ4v) is 2.92. The number of methoxy groups -OCH3 is 1. The molecule has 0 spiro atoms. The van der Waals surface area contributed by atoms with Gasteiger partial charge in [-0.2, -0.15) is 0 Å². The van der Waals surface area contributed by atoms with E-state index in [1.54, 1.807) is 7.11 Å². The zero-order valence-corrected chi connectivity index (χ0v) is 9.19. The van der Waals surface area contributed by atoms with Crippen LogP contribution in [0.25, 0.3) is 0 Å². The average molecular weight is 204 g/mol. The molecule has 0 N–H and O–H groups in total. The molecule has 80 valence electrons. The normalized spacial score (nSPS) is 37.7. The van der Waals surface area contributed by atoms with Crippen molar-refractivity contribution in [3.8, 4) is 0 Å². The van der Waals surface area contributed by atoms with Crippen molar-refractivity contribution < 1.29 is 9.47 Å². The number of ether oxygens (including phenoxy) is 2. The van der Waals surface area contributed by atoms with Crippen molar-refractivity contribution in [2.75, 3.05) is 13.7 Å². The predicted molar refractivity (Wildman–Crippen MR) is 57.7 cm³/mol. The van der Waals surface area contributed by atoms with Crippen LogP contribution in [0.4, 0.5) is 0 Å². The van der Waals surface area contributed by atoms with Crippen LogP contribution >= 0.6 is 0 Å². The molecule has 15 heavy (non-hydrogen) atoms. The molecule has 1 aromatic rings. The largest absolute Gasteiger partial charge is 0.378 e. The smallest absolute Gasteiger partial charge is 0.125 e.